The van der Waals surface area contributed by atoms with Crippen molar-refractivity contribution < 1.29 is 46.3 Å². The number of ketones is 1. The molecule has 4 rings (SSSR count). The Morgan fingerprint density at radius 3 is 2.52 bits per heavy atom. The lowest BCUT2D eigenvalue weighted by Crippen LogP contribution is -2.68. The molecule has 0 bridgehead atoms. The largest absolute Gasteiger partial charge is 0.724 e. The molecule has 2 atom stereocenters. The van der Waals surface area contributed by atoms with Crippen LogP contribution < -0.4 is 16.1 Å². The van der Waals surface area contributed by atoms with Gasteiger partial charge in [-0.1, -0.05) is 29.4 Å². The number of hydrogen-bond acceptors (Lipinski definition) is 13. The maximum absolute atomic E-state index is 13.3. The summed E-state index contributed by atoms with van der Waals surface area (Å²) in [6, 6.07) is 7.67. The number of aryl methyl sites for hydroxylation is 3. The Kier molecular flexibility index (Phi) is 10.6. The molecule has 1 fully saturated rings. The topological polar surface area (TPSA) is 236 Å². The van der Waals surface area contributed by atoms with Gasteiger partial charge in [-0.25, -0.2) is 18.2 Å². The minimum Gasteiger partial charge on any atom is -0.724 e. The number of hydrogen-bond donors (Lipinski definition) is 3. The number of anilines is 1. The number of oxime groups is 1. The number of carbonyl (C=O) groups excluding carboxylic acids is 2. The Hall–Kier alpha value is -4.23. The van der Waals surface area contributed by atoms with E-state index < -0.39 is 52.0 Å². The lowest BCUT2D eigenvalue weighted by Gasteiger charge is -2.51. The third-order valence-electron chi connectivity index (χ3n) is 7.60. The Bertz CT molecular complexity index is 1730. The first-order chi connectivity index (χ1) is 21.6. The number of carboxylic acid groups (broad SMARTS) is 1. The first-order valence-corrected chi connectivity index (χ1v) is 16.4. The van der Waals surface area contributed by atoms with Crippen molar-refractivity contribution in [1.29, 1.82) is 0 Å². The van der Waals surface area contributed by atoms with Crippen molar-refractivity contribution in [3.63, 3.8) is 0 Å². The number of aromatic nitrogens is 3. The third kappa shape index (κ3) is 8.13. The number of Topliss-reactive ketones (excluding diaryl/α,β-unsaturated/α-hetero) is 1. The number of hydroxylamine groups is 2. The number of nitrogens with two attached hydrogens (primary N) is 2. The molecule has 3 heterocycles. The highest BCUT2D eigenvalue weighted by Gasteiger charge is 2.57. The van der Waals surface area contributed by atoms with E-state index in [0.717, 1.165) is 41.0 Å². The first kappa shape index (κ1) is 34.6. The van der Waals surface area contributed by atoms with Gasteiger partial charge < -0.3 is 26.0 Å². The molecule has 1 unspecified atom stereocenters. The number of thiazole rings is 1. The van der Waals surface area contributed by atoms with E-state index in [1.807, 2.05) is 48.4 Å². The zero-order valence-electron chi connectivity index (χ0n) is 25.4. The minimum absolute atomic E-state index is 0.0114. The molecule has 2 aromatic heterocycles. The van der Waals surface area contributed by atoms with Crippen LogP contribution in [0.2, 0.25) is 0 Å². The van der Waals surface area contributed by atoms with Gasteiger partial charge >= 0.3 is 5.97 Å². The fourth-order valence-electron chi connectivity index (χ4n) is 4.97. The van der Waals surface area contributed by atoms with Crippen molar-refractivity contribution in [3.05, 3.63) is 53.3 Å². The third-order valence-corrected chi connectivity index (χ3v) is 8.60. The summed E-state index contributed by atoms with van der Waals surface area (Å²) in [7, 11) is -3.27. The van der Waals surface area contributed by atoms with Crippen LogP contribution in [0.5, 0.6) is 0 Å². The van der Waals surface area contributed by atoms with Gasteiger partial charge in [-0.3, -0.25) is 9.59 Å². The Morgan fingerprint density at radius 1 is 1.26 bits per heavy atom. The van der Waals surface area contributed by atoms with Crippen LogP contribution in [0.4, 0.5) is 5.13 Å². The zero-order chi connectivity index (χ0) is 33.8. The molecular weight excluding hydrogens is 642 g/mol. The fraction of sp³-hybridized carbons (Fsp3) is 0.429. The van der Waals surface area contributed by atoms with Crippen LogP contribution in [0.15, 0.2) is 47.2 Å². The van der Waals surface area contributed by atoms with Gasteiger partial charge in [0, 0.05) is 18.2 Å². The lowest BCUT2D eigenvalue weighted by atomic mass is 9.74. The summed E-state index contributed by atoms with van der Waals surface area (Å²) in [5.41, 5.74) is 12.5. The van der Waals surface area contributed by atoms with E-state index in [9.17, 15) is 32.5 Å². The van der Waals surface area contributed by atoms with Crippen molar-refractivity contribution in [1.82, 2.24) is 14.7 Å². The summed E-state index contributed by atoms with van der Waals surface area (Å²) < 4.78 is 41.3. The molecule has 1 aliphatic rings. The molecule has 1 aromatic carbocycles. The second kappa shape index (κ2) is 14.0. The molecular formula is C28H35N7O9S2. The Balaban J connectivity index is 1.44. The second-order valence-electron chi connectivity index (χ2n) is 11.2. The van der Waals surface area contributed by atoms with Crippen molar-refractivity contribution >= 4 is 50.2 Å². The average molecular weight is 678 g/mol. The molecule has 248 valence electrons. The molecule has 18 heteroatoms. The molecule has 3 aromatic rings. The van der Waals surface area contributed by atoms with E-state index in [4.69, 9.17) is 16.3 Å². The summed E-state index contributed by atoms with van der Waals surface area (Å²) in [6.07, 6.45) is 3.34. The maximum Gasteiger partial charge on any atom is 0.347 e. The number of nitrogen functional groups attached to an aromatic ring is 1. The van der Waals surface area contributed by atoms with E-state index in [0.29, 0.717) is 18.0 Å². The number of β-lactam (4-membered cyclic amide) rings is 1. The summed E-state index contributed by atoms with van der Waals surface area (Å²) in [5, 5.41) is 15.6. The minimum atomic E-state index is -5.22. The monoisotopic (exact) mass is 677 g/mol. The van der Waals surface area contributed by atoms with Gasteiger partial charge in [0.1, 0.15) is 5.69 Å². The number of carbonyl (C=O) groups is 3. The molecule has 0 aliphatic carbocycles. The number of benzene rings is 1. The van der Waals surface area contributed by atoms with E-state index in [1.165, 1.54) is 19.2 Å². The van der Waals surface area contributed by atoms with Crippen molar-refractivity contribution in [2.24, 2.45) is 23.9 Å². The molecule has 0 saturated carbocycles. The van der Waals surface area contributed by atoms with E-state index in [2.05, 4.69) is 19.1 Å². The van der Waals surface area contributed by atoms with Crippen LogP contribution >= 0.6 is 11.3 Å². The number of nitrogens with zero attached hydrogens (tertiary/aromatic N) is 5. The highest BCUT2D eigenvalue weighted by Crippen LogP contribution is 2.40. The van der Waals surface area contributed by atoms with Crippen molar-refractivity contribution in [2.75, 3.05) is 12.3 Å². The van der Waals surface area contributed by atoms with Crippen molar-refractivity contribution in [3.8, 4) is 11.1 Å². The number of rotatable bonds is 16. The highest BCUT2D eigenvalue weighted by atomic mass is 32.3. The zero-order valence-corrected chi connectivity index (χ0v) is 27.0. The van der Waals surface area contributed by atoms with Crippen LogP contribution in [-0.2, 0) is 53.9 Å². The van der Waals surface area contributed by atoms with Crippen LogP contribution in [0.3, 0.4) is 0 Å². The molecule has 16 nitrogen and oxygen atoms in total. The number of aliphatic carboxylic acids is 1. The van der Waals surface area contributed by atoms with Gasteiger partial charge in [-0.05, 0) is 44.4 Å². The van der Waals surface area contributed by atoms with Crippen LogP contribution in [-0.4, -0.2) is 74.4 Å². The standard InChI is InChI=1S/C28H35N7O9S2/c1-28(2)20(25(37)35(28)44-46(40,41)42)13-22(36)24(21-16-45-27(30)31-21)32-43-23(26(38)39)10-7-17-5-8-18(9-6-17)19-14-33(3)34(15-19)12-4-11-29/h5-6,8-9,14-16,20,23H,4,7,10-13,29H2,1-3H3,(H3-,30,31,38,39,40,41,42)/b32-24-/t20-,23?/m1/s1. The summed E-state index contributed by atoms with van der Waals surface area (Å²) in [4.78, 5) is 47.3. The summed E-state index contributed by atoms with van der Waals surface area (Å²) >= 11 is 1.01. The molecule has 5 N–H and O–H groups in total. The smallest absolute Gasteiger partial charge is 0.347 e. The second-order valence-corrected chi connectivity index (χ2v) is 13.1. The SMILES string of the molecule is C[n+]1cc(-c2ccc(CCC(O/N=C(\C(=O)C[C@@H]3C(=O)N(OS(=O)(=O)[O-])C3(C)C)c3csc(N)n3)C(=O)O)cc2)cn1CCCN. The van der Waals surface area contributed by atoms with Gasteiger partial charge in [-0.15, -0.1) is 16.0 Å². The van der Waals surface area contributed by atoms with Crippen LogP contribution in [0.25, 0.3) is 11.1 Å². The molecule has 0 radical (unpaired) electrons. The number of amides is 1. The number of carboxylic acids is 1. The average Bonchev–Trinajstić information content (AvgIpc) is 3.59. The first-order valence-electron chi connectivity index (χ1n) is 14.2. The predicted molar refractivity (Wildman–Crippen MR) is 163 cm³/mol. The van der Waals surface area contributed by atoms with E-state index in [-0.39, 0.29) is 23.0 Å². The highest BCUT2D eigenvalue weighted by molar-refractivity contribution is 7.80. The Morgan fingerprint density at radius 2 is 1.96 bits per heavy atom. The quantitative estimate of drug-likeness (QED) is 0.0476. The Labute approximate surface area is 269 Å². The summed E-state index contributed by atoms with van der Waals surface area (Å²) in [5.74, 6) is -4.03. The molecule has 1 amide bonds. The normalized spacial score (nSPS) is 17.1. The fourth-order valence-corrected chi connectivity index (χ4v) is 5.96. The maximum atomic E-state index is 13.3. The molecule has 1 aliphatic heterocycles. The van der Waals surface area contributed by atoms with Gasteiger partial charge in [0.2, 0.25) is 22.7 Å². The van der Waals surface area contributed by atoms with Crippen LogP contribution in [0.1, 0.15) is 44.4 Å². The van der Waals surface area contributed by atoms with Gasteiger partial charge in [-0.2, -0.15) is 14.0 Å². The van der Waals surface area contributed by atoms with Gasteiger partial charge in [0.05, 0.1) is 29.8 Å². The van der Waals surface area contributed by atoms with Crippen LogP contribution in [0, 0.1) is 5.92 Å². The predicted octanol–water partition coefficient (Wildman–Crippen LogP) is 0.762. The lowest BCUT2D eigenvalue weighted by molar-refractivity contribution is -0.753. The van der Waals surface area contributed by atoms with E-state index >= 15 is 0 Å². The molecule has 1 saturated heterocycles. The van der Waals surface area contributed by atoms with Crippen molar-refractivity contribution in [2.45, 2.75) is 57.7 Å². The molecule has 46 heavy (non-hydrogen) atoms. The summed E-state index contributed by atoms with van der Waals surface area (Å²) in [6.45, 7) is 4.23. The van der Waals surface area contributed by atoms with E-state index in [1.54, 1.807) is 0 Å². The molecule has 0 spiro atoms. The van der Waals surface area contributed by atoms with Gasteiger partial charge in [0.25, 0.3) is 5.91 Å². The van der Waals surface area contributed by atoms with Gasteiger partial charge in [0.15, 0.2) is 23.7 Å².